The largest absolute Gasteiger partial charge is 0.355 e. The fourth-order valence-electron chi connectivity index (χ4n) is 5.74. The summed E-state index contributed by atoms with van der Waals surface area (Å²) in [5.41, 5.74) is 1.19. The number of fused-ring (bicyclic) bond motifs is 1. The molecule has 2 aromatic rings. The molecule has 2 aromatic heterocycles. The lowest BCUT2D eigenvalue weighted by atomic mass is 9.71. The molecule has 3 aliphatic rings. The van der Waals surface area contributed by atoms with Gasteiger partial charge in [-0.2, -0.15) is 0 Å². The number of piperidine rings is 1. The van der Waals surface area contributed by atoms with Crippen LogP contribution in [0.25, 0.3) is 11.0 Å². The Morgan fingerprint density at radius 3 is 2.56 bits per heavy atom. The van der Waals surface area contributed by atoms with E-state index < -0.39 is 10.0 Å². The van der Waals surface area contributed by atoms with Crippen molar-refractivity contribution in [1.82, 2.24) is 24.6 Å². The molecule has 0 unspecified atom stereocenters. The summed E-state index contributed by atoms with van der Waals surface area (Å²) in [6.45, 7) is 7.35. The number of nitrogens with zero attached hydrogens (tertiary/aromatic N) is 5. The minimum atomic E-state index is -3.09. The summed E-state index contributed by atoms with van der Waals surface area (Å²) in [6.07, 6.45) is 10.1. The monoisotopic (exact) mass is 458 g/mol. The van der Waals surface area contributed by atoms with E-state index in [0.29, 0.717) is 11.3 Å². The number of hydrogen-bond acceptors (Lipinski definition) is 7. The first kappa shape index (κ1) is 22.0. The Balaban J connectivity index is 1.08. The molecule has 0 atom stereocenters. The predicted octanol–water partition coefficient (Wildman–Crippen LogP) is 2.43. The maximum absolute atomic E-state index is 11.8. The molecular formula is C23H34N6O2S. The third-order valence-corrected chi connectivity index (χ3v) is 9.20. The first-order valence-corrected chi connectivity index (χ1v) is 13.6. The van der Waals surface area contributed by atoms with E-state index in [1.165, 1.54) is 25.9 Å². The molecule has 0 aromatic carbocycles. The van der Waals surface area contributed by atoms with Crippen LogP contribution in [0.4, 0.5) is 5.82 Å². The Labute approximate surface area is 190 Å². The number of anilines is 1. The van der Waals surface area contributed by atoms with Crippen LogP contribution < -0.4 is 9.62 Å². The molecule has 174 valence electrons. The van der Waals surface area contributed by atoms with Gasteiger partial charge in [0.25, 0.3) is 0 Å². The standard InChI is InChI=1S/C23H34N6O2S/c1-2-32(30,31)27-19-7-5-18(6-8-19)14-28-12-9-23(10-13-28)15-29(16-23)22-20-4-3-11-24-21(20)25-17-26-22/h3-4,11,17-19,27H,2,5-10,12-16H2,1H3. The number of nitrogens with one attached hydrogen (secondary N) is 1. The lowest BCUT2D eigenvalue weighted by Crippen LogP contribution is -2.61. The Bertz CT molecular complexity index is 1030. The van der Waals surface area contributed by atoms with Gasteiger partial charge in [-0.15, -0.1) is 0 Å². The van der Waals surface area contributed by atoms with Crippen molar-refractivity contribution in [2.24, 2.45) is 11.3 Å². The SMILES string of the molecule is CCS(=O)(=O)NC1CCC(CN2CCC3(CC2)CN(c2ncnc4ncccc24)C3)CC1. The summed E-state index contributed by atoms with van der Waals surface area (Å²) in [6, 6.07) is 4.15. The summed E-state index contributed by atoms with van der Waals surface area (Å²) in [5, 5.41) is 1.04. The Morgan fingerprint density at radius 1 is 1.09 bits per heavy atom. The van der Waals surface area contributed by atoms with Crippen LogP contribution in [0.5, 0.6) is 0 Å². The average Bonchev–Trinajstić information content (AvgIpc) is 2.79. The molecule has 4 heterocycles. The second kappa shape index (κ2) is 8.83. The lowest BCUT2D eigenvalue weighted by molar-refractivity contribution is 0.0621. The van der Waals surface area contributed by atoms with E-state index in [2.05, 4.69) is 35.5 Å². The zero-order valence-electron chi connectivity index (χ0n) is 18.9. The number of aromatic nitrogens is 3. The molecule has 2 saturated heterocycles. The van der Waals surface area contributed by atoms with Crippen molar-refractivity contribution < 1.29 is 8.42 Å². The van der Waals surface area contributed by atoms with Gasteiger partial charge in [0, 0.05) is 37.3 Å². The van der Waals surface area contributed by atoms with E-state index in [-0.39, 0.29) is 11.8 Å². The van der Waals surface area contributed by atoms with Crippen molar-refractivity contribution in [1.29, 1.82) is 0 Å². The Hall–Kier alpha value is -1.84. The zero-order valence-corrected chi connectivity index (χ0v) is 19.7. The molecular weight excluding hydrogens is 424 g/mol. The van der Waals surface area contributed by atoms with Gasteiger partial charge in [-0.1, -0.05) is 0 Å². The van der Waals surface area contributed by atoms with Crippen LogP contribution in [0.2, 0.25) is 0 Å². The summed E-state index contributed by atoms with van der Waals surface area (Å²) in [5.74, 6) is 1.89. The molecule has 0 bridgehead atoms. The van der Waals surface area contributed by atoms with Crippen molar-refractivity contribution in [2.45, 2.75) is 51.5 Å². The smallest absolute Gasteiger partial charge is 0.211 e. The highest BCUT2D eigenvalue weighted by atomic mass is 32.2. The second-order valence-corrected chi connectivity index (χ2v) is 12.0. The van der Waals surface area contributed by atoms with Crippen LogP contribution in [0, 0.1) is 11.3 Å². The van der Waals surface area contributed by atoms with Crippen LogP contribution in [-0.2, 0) is 10.0 Å². The number of rotatable bonds is 6. The van der Waals surface area contributed by atoms with Gasteiger partial charge < -0.3 is 9.80 Å². The lowest BCUT2D eigenvalue weighted by Gasteiger charge is -2.55. The van der Waals surface area contributed by atoms with Gasteiger partial charge in [-0.25, -0.2) is 28.1 Å². The van der Waals surface area contributed by atoms with Crippen LogP contribution in [0.1, 0.15) is 45.4 Å². The molecule has 1 N–H and O–H groups in total. The van der Waals surface area contributed by atoms with Crippen molar-refractivity contribution in [3.05, 3.63) is 24.7 Å². The number of likely N-dealkylation sites (tertiary alicyclic amines) is 1. The second-order valence-electron chi connectivity index (χ2n) is 9.97. The van der Waals surface area contributed by atoms with Gasteiger partial charge in [0.15, 0.2) is 5.65 Å². The van der Waals surface area contributed by atoms with Crippen LogP contribution in [0.15, 0.2) is 24.7 Å². The van der Waals surface area contributed by atoms with Crippen molar-refractivity contribution in [3.8, 4) is 0 Å². The van der Waals surface area contributed by atoms with Crippen molar-refractivity contribution in [3.63, 3.8) is 0 Å². The van der Waals surface area contributed by atoms with E-state index in [4.69, 9.17) is 0 Å². The van der Waals surface area contributed by atoms with Crippen molar-refractivity contribution >= 4 is 26.9 Å². The van der Waals surface area contributed by atoms with Gasteiger partial charge >= 0.3 is 0 Å². The van der Waals surface area contributed by atoms with E-state index in [1.807, 2.05) is 6.07 Å². The fraction of sp³-hybridized carbons (Fsp3) is 0.696. The van der Waals surface area contributed by atoms with Gasteiger partial charge in [0.1, 0.15) is 12.1 Å². The maximum Gasteiger partial charge on any atom is 0.211 e. The molecule has 0 radical (unpaired) electrons. The minimum absolute atomic E-state index is 0.134. The number of sulfonamides is 1. The van der Waals surface area contributed by atoms with E-state index in [9.17, 15) is 8.42 Å². The van der Waals surface area contributed by atoms with E-state index in [1.54, 1.807) is 19.4 Å². The number of hydrogen-bond donors (Lipinski definition) is 1. The summed E-state index contributed by atoms with van der Waals surface area (Å²) in [7, 11) is -3.09. The quantitative estimate of drug-likeness (QED) is 0.711. The normalized spacial score (nSPS) is 26.3. The van der Waals surface area contributed by atoms with Crippen LogP contribution >= 0.6 is 0 Å². The maximum atomic E-state index is 11.8. The van der Waals surface area contributed by atoms with E-state index in [0.717, 1.165) is 62.2 Å². The highest BCUT2D eigenvalue weighted by molar-refractivity contribution is 7.89. The summed E-state index contributed by atoms with van der Waals surface area (Å²) >= 11 is 0. The number of pyridine rings is 1. The molecule has 1 spiro atoms. The van der Waals surface area contributed by atoms with Gasteiger partial charge in [0.2, 0.25) is 10.0 Å². The van der Waals surface area contributed by atoms with Gasteiger partial charge in [0.05, 0.1) is 11.1 Å². The predicted molar refractivity (Wildman–Crippen MR) is 126 cm³/mol. The average molecular weight is 459 g/mol. The molecule has 32 heavy (non-hydrogen) atoms. The molecule has 2 aliphatic heterocycles. The Morgan fingerprint density at radius 2 is 1.84 bits per heavy atom. The fourth-order valence-corrected chi connectivity index (χ4v) is 6.65. The third-order valence-electron chi connectivity index (χ3n) is 7.75. The van der Waals surface area contributed by atoms with E-state index >= 15 is 0 Å². The first-order chi connectivity index (χ1) is 15.5. The van der Waals surface area contributed by atoms with Crippen molar-refractivity contribution in [2.75, 3.05) is 43.4 Å². The van der Waals surface area contributed by atoms with Gasteiger partial charge in [-0.3, -0.25) is 0 Å². The molecule has 8 nitrogen and oxygen atoms in total. The minimum Gasteiger partial charge on any atom is -0.355 e. The molecule has 5 rings (SSSR count). The van der Waals surface area contributed by atoms with Crippen LogP contribution in [-0.4, -0.2) is 72.8 Å². The molecule has 9 heteroatoms. The summed E-state index contributed by atoms with van der Waals surface area (Å²) < 4.78 is 26.5. The topological polar surface area (TPSA) is 91.3 Å². The highest BCUT2D eigenvalue weighted by Crippen LogP contribution is 2.43. The summed E-state index contributed by atoms with van der Waals surface area (Å²) in [4.78, 5) is 18.2. The zero-order chi connectivity index (χ0) is 22.2. The highest BCUT2D eigenvalue weighted by Gasteiger charge is 2.45. The van der Waals surface area contributed by atoms with Crippen LogP contribution in [0.3, 0.4) is 0 Å². The van der Waals surface area contributed by atoms with Gasteiger partial charge in [-0.05, 0) is 76.6 Å². The molecule has 1 saturated carbocycles. The Kier molecular flexibility index (Phi) is 6.07. The molecule has 0 amide bonds. The molecule has 3 fully saturated rings. The molecule has 1 aliphatic carbocycles. The third kappa shape index (κ3) is 4.61. The first-order valence-electron chi connectivity index (χ1n) is 12.0.